The van der Waals surface area contributed by atoms with Crippen molar-refractivity contribution in [3.8, 4) is 0 Å². The summed E-state index contributed by atoms with van der Waals surface area (Å²) in [6.45, 7) is 6.41. The van der Waals surface area contributed by atoms with E-state index < -0.39 is 0 Å². The number of carbonyl (C=O) groups excluding carboxylic acids is 2. The number of hydrogen-bond donors (Lipinski definition) is 0. The number of hydrogen-bond acceptors (Lipinski definition) is 4. The summed E-state index contributed by atoms with van der Waals surface area (Å²) < 4.78 is 10.6. The summed E-state index contributed by atoms with van der Waals surface area (Å²) in [5, 5.41) is 0. The molecule has 0 amide bonds. The van der Waals surface area contributed by atoms with Crippen LogP contribution in [0.2, 0.25) is 0 Å². The molecule has 0 saturated carbocycles. The van der Waals surface area contributed by atoms with Crippen molar-refractivity contribution in [2.75, 3.05) is 6.61 Å². The quantitative estimate of drug-likeness (QED) is 0.162. The fraction of sp³-hybridized carbons (Fsp3) is 0.917. The van der Waals surface area contributed by atoms with Gasteiger partial charge < -0.3 is 9.47 Å². The van der Waals surface area contributed by atoms with Gasteiger partial charge in [0.1, 0.15) is 6.10 Å². The fourth-order valence-corrected chi connectivity index (χ4v) is 3.40. The number of esters is 2. The summed E-state index contributed by atoms with van der Waals surface area (Å²) >= 11 is 0. The first kappa shape index (κ1) is 26.9. The summed E-state index contributed by atoms with van der Waals surface area (Å²) in [6.07, 6.45) is 19.0. The van der Waals surface area contributed by atoms with Gasteiger partial charge in [-0.1, -0.05) is 78.1 Å². The zero-order valence-electron chi connectivity index (χ0n) is 18.9. The molecule has 4 heteroatoms. The first-order valence-electron chi connectivity index (χ1n) is 11.9. The zero-order chi connectivity index (χ0) is 20.9. The van der Waals surface area contributed by atoms with Gasteiger partial charge in [0.15, 0.2) is 0 Å². The first-order chi connectivity index (χ1) is 13.6. The molecule has 0 heterocycles. The summed E-state index contributed by atoms with van der Waals surface area (Å²) in [5.74, 6) is -0.180. The third-order valence-corrected chi connectivity index (χ3v) is 5.13. The van der Waals surface area contributed by atoms with E-state index in [1.54, 1.807) is 0 Å². The Labute approximate surface area is 174 Å². The van der Waals surface area contributed by atoms with Crippen LogP contribution >= 0.6 is 0 Å². The summed E-state index contributed by atoms with van der Waals surface area (Å²) in [7, 11) is 0. The van der Waals surface area contributed by atoms with Crippen LogP contribution < -0.4 is 0 Å². The maximum absolute atomic E-state index is 11.5. The molecule has 0 aliphatic carbocycles. The van der Waals surface area contributed by atoms with Crippen LogP contribution in [-0.2, 0) is 19.1 Å². The maximum atomic E-state index is 11.5. The lowest BCUT2D eigenvalue weighted by Crippen LogP contribution is -2.16. The Bertz CT molecular complexity index is 368. The molecule has 0 aromatic rings. The van der Waals surface area contributed by atoms with Gasteiger partial charge >= 0.3 is 11.9 Å². The lowest BCUT2D eigenvalue weighted by Gasteiger charge is -2.17. The molecule has 0 aliphatic heterocycles. The Kier molecular flexibility index (Phi) is 19.9. The minimum atomic E-state index is -0.144. The molecule has 0 aromatic heterocycles. The van der Waals surface area contributed by atoms with Crippen LogP contribution in [0, 0.1) is 0 Å². The summed E-state index contributed by atoms with van der Waals surface area (Å²) in [4.78, 5) is 22.8. The van der Waals surface area contributed by atoms with E-state index in [9.17, 15) is 9.59 Å². The number of rotatable bonds is 20. The van der Waals surface area contributed by atoms with Crippen molar-refractivity contribution in [2.24, 2.45) is 0 Å². The van der Waals surface area contributed by atoms with Gasteiger partial charge in [0.25, 0.3) is 0 Å². The van der Waals surface area contributed by atoms with Crippen molar-refractivity contribution in [3.63, 3.8) is 0 Å². The average molecular weight is 399 g/mol. The van der Waals surface area contributed by atoms with Crippen LogP contribution in [0.25, 0.3) is 0 Å². The monoisotopic (exact) mass is 398 g/mol. The largest absolute Gasteiger partial charge is 0.466 e. The molecular weight excluding hydrogens is 352 g/mol. The van der Waals surface area contributed by atoms with E-state index in [1.807, 2.05) is 0 Å². The van der Waals surface area contributed by atoms with Crippen LogP contribution in [0.5, 0.6) is 0 Å². The maximum Gasteiger partial charge on any atom is 0.305 e. The van der Waals surface area contributed by atoms with E-state index in [1.165, 1.54) is 58.3 Å². The second-order valence-electron chi connectivity index (χ2n) is 8.02. The van der Waals surface area contributed by atoms with Gasteiger partial charge in [-0.25, -0.2) is 0 Å². The average Bonchev–Trinajstić information content (AvgIpc) is 2.66. The molecule has 0 bridgehead atoms. The van der Waals surface area contributed by atoms with Crippen LogP contribution in [0.15, 0.2) is 0 Å². The normalized spacial score (nSPS) is 12.0. The Morgan fingerprint density at radius 3 is 1.71 bits per heavy atom. The molecule has 28 heavy (non-hydrogen) atoms. The van der Waals surface area contributed by atoms with E-state index in [0.29, 0.717) is 13.0 Å². The number of unbranched alkanes of at least 4 members (excludes halogenated alkanes) is 11. The molecule has 0 saturated heterocycles. The SMILES string of the molecule is CCCCCCC(CCCCCCCCCCC(=O)OCCCC)OC(C)=O. The highest BCUT2D eigenvalue weighted by atomic mass is 16.5. The van der Waals surface area contributed by atoms with E-state index >= 15 is 0 Å². The minimum absolute atomic E-state index is 0.0366. The lowest BCUT2D eigenvalue weighted by molar-refractivity contribution is -0.147. The molecule has 0 fully saturated rings. The van der Waals surface area contributed by atoms with Crippen molar-refractivity contribution in [2.45, 2.75) is 136 Å². The zero-order valence-corrected chi connectivity index (χ0v) is 18.9. The molecule has 0 spiro atoms. The molecule has 0 N–H and O–H groups in total. The van der Waals surface area contributed by atoms with Gasteiger partial charge in [0, 0.05) is 13.3 Å². The van der Waals surface area contributed by atoms with Crippen molar-refractivity contribution >= 4 is 11.9 Å². The first-order valence-corrected chi connectivity index (χ1v) is 11.9. The van der Waals surface area contributed by atoms with Crippen LogP contribution in [0.4, 0.5) is 0 Å². The predicted molar refractivity (Wildman–Crippen MR) is 116 cm³/mol. The molecule has 1 unspecified atom stereocenters. The minimum Gasteiger partial charge on any atom is -0.466 e. The second kappa shape index (κ2) is 20.7. The summed E-state index contributed by atoms with van der Waals surface area (Å²) in [5.41, 5.74) is 0. The Balaban J connectivity index is 3.51. The van der Waals surface area contributed by atoms with Gasteiger partial charge in [-0.15, -0.1) is 0 Å². The van der Waals surface area contributed by atoms with E-state index in [2.05, 4.69) is 13.8 Å². The molecular formula is C24H46O4. The predicted octanol–water partition coefficient (Wildman–Crippen LogP) is 7.13. The van der Waals surface area contributed by atoms with Crippen molar-refractivity contribution < 1.29 is 19.1 Å². The van der Waals surface area contributed by atoms with E-state index in [-0.39, 0.29) is 18.0 Å². The van der Waals surface area contributed by atoms with Gasteiger partial charge in [-0.2, -0.15) is 0 Å². The standard InChI is InChI=1S/C24H46O4/c1-4-6-8-15-18-23(28-22(3)25)19-16-13-11-9-10-12-14-17-20-24(26)27-21-7-5-2/h23H,4-21H2,1-3H3. The highest BCUT2D eigenvalue weighted by Crippen LogP contribution is 2.17. The van der Waals surface area contributed by atoms with Crippen LogP contribution in [-0.4, -0.2) is 24.6 Å². The van der Waals surface area contributed by atoms with Crippen LogP contribution in [0.3, 0.4) is 0 Å². The molecule has 4 nitrogen and oxygen atoms in total. The smallest absolute Gasteiger partial charge is 0.305 e. The molecule has 0 aliphatic rings. The summed E-state index contributed by atoms with van der Waals surface area (Å²) in [6, 6.07) is 0. The fourth-order valence-electron chi connectivity index (χ4n) is 3.40. The topological polar surface area (TPSA) is 52.6 Å². The Morgan fingerprint density at radius 2 is 1.18 bits per heavy atom. The third kappa shape index (κ3) is 19.7. The van der Waals surface area contributed by atoms with Gasteiger partial charge in [0.2, 0.25) is 0 Å². The Morgan fingerprint density at radius 1 is 0.679 bits per heavy atom. The lowest BCUT2D eigenvalue weighted by atomic mass is 10.0. The van der Waals surface area contributed by atoms with Crippen molar-refractivity contribution in [1.29, 1.82) is 0 Å². The van der Waals surface area contributed by atoms with Crippen molar-refractivity contribution in [3.05, 3.63) is 0 Å². The molecule has 0 aromatic carbocycles. The highest BCUT2D eigenvalue weighted by Gasteiger charge is 2.11. The van der Waals surface area contributed by atoms with Crippen molar-refractivity contribution in [1.82, 2.24) is 0 Å². The molecule has 166 valence electrons. The molecule has 0 radical (unpaired) electrons. The number of carbonyl (C=O) groups is 2. The number of ether oxygens (including phenoxy) is 2. The van der Waals surface area contributed by atoms with Gasteiger partial charge in [0.05, 0.1) is 6.61 Å². The van der Waals surface area contributed by atoms with Gasteiger partial charge in [-0.05, 0) is 38.5 Å². The second-order valence-corrected chi connectivity index (χ2v) is 8.02. The third-order valence-electron chi connectivity index (χ3n) is 5.13. The van der Waals surface area contributed by atoms with E-state index in [0.717, 1.165) is 51.4 Å². The van der Waals surface area contributed by atoms with Gasteiger partial charge in [-0.3, -0.25) is 9.59 Å². The van der Waals surface area contributed by atoms with E-state index in [4.69, 9.17) is 9.47 Å². The molecule has 1 atom stereocenters. The van der Waals surface area contributed by atoms with Crippen LogP contribution in [0.1, 0.15) is 130 Å². The molecule has 0 rings (SSSR count). The Hall–Kier alpha value is -1.06. The highest BCUT2D eigenvalue weighted by molar-refractivity contribution is 5.69.